The molecule has 1 aliphatic rings. The monoisotopic (exact) mass is 337 g/mol. The second-order valence-electron chi connectivity index (χ2n) is 5.88. The molecule has 1 aromatic heterocycles. The van der Waals surface area contributed by atoms with Gasteiger partial charge in [0.15, 0.2) is 0 Å². The van der Waals surface area contributed by atoms with Crippen molar-refractivity contribution in [1.82, 2.24) is 10.3 Å². The summed E-state index contributed by atoms with van der Waals surface area (Å²) >= 11 is 6.12. The highest BCUT2D eigenvalue weighted by Crippen LogP contribution is 2.28. The molecule has 5 heteroatoms. The minimum Gasteiger partial charge on any atom is -0.323 e. The summed E-state index contributed by atoms with van der Waals surface area (Å²) in [6.07, 6.45) is 4.37. The minimum absolute atomic E-state index is 0.101. The number of nitrogens with one attached hydrogen (secondary N) is 2. The molecular weight excluding hydrogens is 322 g/mol. The summed E-state index contributed by atoms with van der Waals surface area (Å²) in [7, 11) is 0. The zero-order valence-corrected chi connectivity index (χ0v) is 13.7. The van der Waals surface area contributed by atoms with E-state index >= 15 is 0 Å². The number of hydrogen-bond donors (Lipinski definition) is 2. The van der Waals surface area contributed by atoms with Crippen LogP contribution in [0.1, 0.15) is 17.2 Å². The lowest BCUT2D eigenvalue weighted by molar-refractivity contribution is -0.118. The Morgan fingerprint density at radius 2 is 2.08 bits per heavy atom. The van der Waals surface area contributed by atoms with Crippen molar-refractivity contribution in [2.45, 2.75) is 12.5 Å². The maximum Gasteiger partial charge on any atom is 0.246 e. The molecule has 2 N–H and O–H groups in total. The molecule has 4 rings (SSSR count). The molecule has 2 heterocycles. The molecule has 120 valence electrons. The number of aromatic nitrogens is 1. The molecule has 0 bridgehead atoms. The lowest BCUT2D eigenvalue weighted by Gasteiger charge is -2.26. The van der Waals surface area contributed by atoms with Gasteiger partial charge in [0.05, 0.1) is 11.9 Å². The number of carbonyl (C=O) groups is 1. The first-order valence-electron chi connectivity index (χ1n) is 7.88. The molecule has 1 aliphatic heterocycles. The molecule has 24 heavy (non-hydrogen) atoms. The van der Waals surface area contributed by atoms with E-state index in [2.05, 4.69) is 15.6 Å². The number of nitrogens with zero attached hydrogens (tertiary/aromatic N) is 1. The van der Waals surface area contributed by atoms with Crippen LogP contribution in [0.5, 0.6) is 0 Å². The molecule has 0 spiro atoms. The van der Waals surface area contributed by atoms with Crippen molar-refractivity contribution in [1.29, 1.82) is 0 Å². The topological polar surface area (TPSA) is 54.0 Å². The van der Waals surface area contributed by atoms with Crippen molar-refractivity contribution in [3.63, 3.8) is 0 Å². The number of benzene rings is 2. The maximum absolute atomic E-state index is 12.8. The van der Waals surface area contributed by atoms with E-state index in [1.165, 1.54) is 0 Å². The van der Waals surface area contributed by atoms with Gasteiger partial charge in [0.25, 0.3) is 0 Å². The van der Waals surface area contributed by atoms with Gasteiger partial charge < -0.3 is 10.6 Å². The van der Waals surface area contributed by atoms with Crippen molar-refractivity contribution in [3.8, 4) is 0 Å². The van der Waals surface area contributed by atoms with Crippen LogP contribution in [0.2, 0.25) is 5.02 Å². The van der Waals surface area contributed by atoms with Gasteiger partial charge in [0, 0.05) is 28.5 Å². The first-order chi connectivity index (χ1) is 11.7. The van der Waals surface area contributed by atoms with Gasteiger partial charge in [-0.25, -0.2) is 0 Å². The quantitative estimate of drug-likeness (QED) is 0.749. The Morgan fingerprint density at radius 3 is 3.00 bits per heavy atom. The number of halogens is 1. The SMILES string of the molecule is O=C(Nc1cncc2ccccc12)C1NCCc2ccc(Cl)cc21. The Morgan fingerprint density at radius 1 is 1.21 bits per heavy atom. The van der Waals surface area contributed by atoms with Gasteiger partial charge in [0.1, 0.15) is 6.04 Å². The molecule has 2 aromatic carbocycles. The predicted molar refractivity (Wildman–Crippen MR) is 96.3 cm³/mol. The molecule has 0 fully saturated rings. The number of pyridine rings is 1. The van der Waals surface area contributed by atoms with Gasteiger partial charge in [-0.05, 0) is 29.7 Å². The first kappa shape index (κ1) is 15.1. The summed E-state index contributed by atoms with van der Waals surface area (Å²) in [5, 5.41) is 8.90. The average Bonchev–Trinajstić information content (AvgIpc) is 2.61. The third-order valence-corrected chi connectivity index (χ3v) is 4.59. The van der Waals surface area contributed by atoms with Crippen LogP contribution in [-0.4, -0.2) is 17.4 Å². The van der Waals surface area contributed by atoms with Crippen LogP contribution in [-0.2, 0) is 11.2 Å². The third-order valence-electron chi connectivity index (χ3n) is 4.35. The van der Waals surface area contributed by atoms with E-state index in [9.17, 15) is 4.79 Å². The maximum atomic E-state index is 12.8. The number of fused-ring (bicyclic) bond motifs is 2. The predicted octanol–water partition coefficient (Wildman–Crippen LogP) is 3.71. The molecule has 1 amide bonds. The molecule has 0 radical (unpaired) electrons. The van der Waals surface area contributed by atoms with Gasteiger partial charge in [-0.1, -0.05) is 41.9 Å². The van der Waals surface area contributed by atoms with Crippen molar-refractivity contribution >= 4 is 34.0 Å². The number of amides is 1. The summed E-state index contributed by atoms with van der Waals surface area (Å²) in [6, 6.07) is 13.2. The van der Waals surface area contributed by atoms with Crippen molar-refractivity contribution in [2.75, 3.05) is 11.9 Å². The van der Waals surface area contributed by atoms with Crippen LogP contribution in [0.4, 0.5) is 5.69 Å². The van der Waals surface area contributed by atoms with E-state index < -0.39 is 6.04 Å². The Labute approximate surface area is 144 Å². The number of hydrogen-bond acceptors (Lipinski definition) is 3. The summed E-state index contributed by atoms with van der Waals surface area (Å²) in [6.45, 7) is 0.764. The second-order valence-corrected chi connectivity index (χ2v) is 6.31. The van der Waals surface area contributed by atoms with Crippen molar-refractivity contribution in [2.24, 2.45) is 0 Å². The average molecular weight is 338 g/mol. The Balaban J connectivity index is 1.67. The van der Waals surface area contributed by atoms with E-state index in [0.29, 0.717) is 10.7 Å². The third kappa shape index (κ3) is 2.75. The summed E-state index contributed by atoms with van der Waals surface area (Å²) in [5.41, 5.74) is 2.82. The normalized spacial score (nSPS) is 16.6. The van der Waals surface area contributed by atoms with Crippen molar-refractivity contribution in [3.05, 3.63) is 71.0 Å². The lowest BCUT2D eigenvalue weighted by atomic mass is 9.94. The summed E-state index contributed by atoms with van der Waals surface area (Å²) < 4.78 is 0. The highest BCUT2D eigenvalue weighted by Gasteiger charge is 2.26. The van der Waals surface area contributed by atoms with Gasteiger partial charge in [0.2, 0.25) is 5.91 Å². The van der Waals surface area contributed by atoms with E-state index in [1.54, 1.807) is 12.4 Å². The molecule has 0 saturated heterocycles. The van der Waals surface area contributed by atoms with Crippen LogP contribution < -0.4 is 10.6 Å². The van der Waals surface area contributed by atoms with E-state index in [0.717, 1.165) is 34.9 Å². The molecule has 0 saturated carbocycles. The summed E-state index contributed by atoms with van der Waals surface area (Å²) in [4.78, 5) is 17.1. The molecule has 1 atom stereocenters. The van der Waals surface area contributed by atoms with Crippen LogP contribution in [0.25, 0.3) is 10.8 Å². The fourth-order valence-electron chi connectivity index (χ4n) is 3.18. The van der Waals surface area contributed by atoms with Crippen LogP contribution in [0, 0.1) is 0 Å². The van der Waals surface area contributed by atoms with E-state index in [1.807, 2.05) is 42.5 Å². The molecular formula is C19H16ClN3O. The molecule has 4 nitrogen and oxygen atoms in total. The Hall–Kier alpha value is -2.43. The Kier molecular flexibility index (Phi) is 3.92. The largest absolute Gasteiger partial charge is 0.323 e. The first-order valence-corrected chi connectivity index (χ1v) is 8.25. The zero-order chi connectivity index (χ0) is 16.5. The minimum atomic E-state index is -0.411. The second kappa shape index (κ2) is 6.23. The van der Waals surface area contributed by atoms with E-state index in [4.69, 9.17) is 11.6 Å². The highest BCUT2D eigenvalue weighted by atomic mass is 35.5. The van der Waals surface area contributed by atoms with Crippen LogP contribution in [0.15, 0.2) is 54.9 Å². The van der Waals surface area contributed by atoms with Gasteiger partial charge >= 0.3 is 0 Å². The molecule has 0 aliphatic carbocycles. The highest BCUT2D eigenvalue weighted by molar-refractivity contribution is 6.30. The van der Waals surface area contributed by atoms with Gasteiger partial charge in [-0.3, -0.25) is 9.78 Å². The fourth-order valence-corrected chi connectivity index (χ4v) is 3.36. The Bertz CT molecular complexity index is 920. The lowest BCUT2D eigenvalue weighted by Crippen LogP contribution is -2.38. The fraction of sp³-hybridized carbons (Fsp3) is 0.158. The number of carbonyl (C=O) groups excluding carboxylic acids is 1. The number of anilines is 1. The van der Waals surface area contributed by atoms with Gasteiger partial charge in [-0.2, -0.15) is 0 Å². The standard InChI is InChI=1S/C19H16ClN3O/c20-14-6-5-12-7-8-22-18(16(12)9-14)19(24)23-17-11-21-10-13-3-1-2-4-15(13)17/h1-6,9-11,18,22H,7-8H2,(H,23,24). The van der Waals surface area contributed by atoms with Gasteiger partial charge in [-0.15, -0.1) is 0 Å². The summed E-state index contributed by atoms with van der Waals surface area (Å²) in [5.74, 6) is -0.101. The van der Waals surface area contributed by atoms with Crippen LogP contribution >= 0.6 is 11.6 Å². The van der Waals surface area contributed by atoms with E-state index in [-0.39, 0.29) is 5.91 Å². The molecule has 1 unspecified atom stereocenters. The number of rotatable bonds is 2. The molecule has 3 aromatic rings. The zero-order valence-electron chi connectivity index (χ0n) is 12.9. The van der Waals surface area contributed by atoms with Crippen LogP contribution in [0.3, 0.4) is 0 Å². The smallest absolute Gasteiger partial charge is 0.246 e. The van der Waals surface area contributed by atoms with Crippen molar-refractivity contribution < 1.29 is 4.79 Å².